The van der Waals surface area contributed by atoms with E-state index in [0.717, 1.165) is 6.42 Å². The van der Waals surface area contributed by atoms with Gasteiger partial charge in [0.25, 0.3) is 0 Å². The van der Waals surface area contributed by atoms with Crippen molar-refractivity contribution >= 4 is 20.0 Å². The van der Waals surface area contributed by atoms with E-state index in [9.17, 15) is 9.59 Å². The van der Waals surface area contributed by atoms with Crippen LogP contribution in [0.15, 0.2) is 23.4 Å². The standard InChI is InChI=1S/C21H34O4Si/c1-14(2)15-9-10-20(3)16(13-26(6,7)8)12-21(17(20)11-15,18(22)24-4)19(23)25-5/h9-10,13-15,17H,11-12H2,1-8H3/b16-13+/t15-,17+,20+/m1/s1. The van der Waals surface area contributed by atoms with Crippen LogP contribution in [0.25, 0.3) is 0 Å². The Balaban J connectivity index is 2.71. The Morgan fingerprint density at radius 3 is 2.15 bits per heavy atom. The predicted octanol–water partition coefficient (Wildman–Crippen LogP) is 4.38. The van der Waals surface area contributed by atoms with Crippen molar-refractivity contribution in [2.45, 2.75) is 53.3 Å². The number of allylic oxidation sites excluding steroid dienone is 3. The maximum Gasteiger partial charge on any atom is 0.323 e. The summed E-state index contributed by atoms with van der Waals surface area (Å²) >= 11 is 0. The van der Waals surface area contributed by atoms with Crippen LogP contribution in [0.3, 0.4) is 0 Å². The number of hydrogen-bond donors (Lipinski definition) is 0. The Kier molecular flexibility index (Phi) is 5.63. The number of carbonyl (C=O) groups is 2. The highest BCUT2D eigenvalue weighted by molar-refractivity contribution is 6.81. The number of hydrogen-bond acceptors (Lipinski definition) is 4. The first-order chi connectivity index (χ1) is 11.9. The smallest absolute Gasteiger partial charge is 0.323 e. The number of methoxy groups -OCH3 is 2. The molecule has 1 fully saturated rings. The normalized spacial score (nSPS) is 31.8. The lowest BCUT2D eigenvalue weighted by molar-refractivity contribution is -0.174. The van der Waals surface area contributed by atoms with Crippen molar-refractivity contribution in [3.05, 3.63) is 23.4 Å². The van der Waals surface area contributed by atoms with Gasteiger partial charge in [-0.25, -0.2) is 0 Å². The SMILES string of the molecule is COC(=O)C1(C(=O)OC)C/C(=C\[Si](C)(C)C)[C@]2(C)C=C[C@@H](C(C)C)C[C@H]12. The average molecular weight is 379 g/mol. The summed E-state index contributed by atoms with van der Waals surface area (Å²) in [5, 5.41) is 0. The van der Waals surface area contributed by atoms with E-state index in [-0.39, 0.29) is 11.3 Å². The van der Waals surface area contributed by atoms with Gasteiger partial charge >= 0.3 is 11.9 Å². The molecule has 0 N–H and O–H groups in total. The molecule has 146 valence electrons. The summed E-state index contributed by atoms with van der Waals surface area (Å²) in [5.74, 6) is -0.272. The van der Waals surface area contributed by atoms with Gasteiger partial charge in [-0.2, -0.15) is 0 Å². The van der Waals surface area contributed by atoms with Gasteiger partial charge in [-0.1, -0.05) is 63.8 Å². The molecule has 0 amide bonds. The fraction of sp³-hybridized carbons (Fsp3) is 0.714. The summed E-state index contributed by atoms with van der Waals surface area (Å²) in [6.07, 6.45) is 5.71. The van der Waals surface area contributed by atoms with Crippen LogP contribution in [-0.2, 0) is 19.1 Å². The molecule has 0 bridgehead atoms. The van der Waals surface area contributed by atoms with Crippen molar-refractivity contribution < 1.29 is 19.1 Å². The third-order valence-corrected chi connectivity index (χ3v) is 7.45. The topological polar surface area (TPSA) is 52.6 Å². The molecule has 0 saturated heterocycles. The first-order valence-electron chi connectivity index (χ1n) is 9.50. The third-order valence-electron chi connectivity index (χ3n) is 6.24. The van der Waals surface area contributed by atoms with Crippen molar-refractivity contribution in [2.24, 2.45) is 28.6 Å². The van der Waals surface area contributed by atoms with Crippen molar-refractivity contribution in [1.82, 2.24) is 0 Å². The second kappa shape index (κ2) is 6.99. The van der Waals surface area contributed by atoms with E-state index in [2.05, 4.69) is 58.3 Å². The summed E-state index contributed by atoms with van der Waals surface area (Å²) in [6, 6.07) is 0. The lowest BCUT2D eigenvalue weighted by Gasteiger charge is -2.42. The van der Waals surface area contributed by atoms with Gasteiger partial charge in [-0.3, -0.25) is 9.59 Å². The zero-order valence-electron chi connectivity index (χ0n) is 17.5. The Hall–Kier alpha value is -1.36. The molecule has 1 saturated carbocycles. The maximum absolute atomic E-state index is 13.0. The van der Waals surface area contributed by atoms with Gasteiger partial charge in [-0.15, -0.1) is 0 Å². The Labute approximate surface area is 159 Å². The predicted molar refractivity (Wildman–Crippen MR) is 106 cm³/mol. The highest BCUT2D eigenvalue weighted by atomic mass is 28.3. The molecule has 0 unspecified atom stereocenters. The summed E-state index contributed by atoms with van der Waals surface area (Å²) in [7, 11) is 1.19. The van der Waals surface area contributed by atoms with Crippen LogP contribution in [0.5, 0.6) is 0 Å². The van der Waals surface area contributed by atoms with Crippen molar-refractivity contribution in [3.63, 3.8) is 0 Å². The Bertz CT molecular complexity index is 625. The molecule has 5 heteroatoms. The van der Waals surface area contributed by atoms with Gasteiger partial charge in [0.15, 0.2) is 5.41 Å². The zero-order valence-corrected chi connectivity index (χ0v) is 18.5. The van der Waals surface area contributed by atoms with Crippen molar-refractivity contribution in [2.75, 3.05) is 14.2 Å². The molecule has 0 radical (unpaired) electrons. The minimum Gasteiger partial charge on any atom is -0.468 e. The van der Waals surface area contributed by atoms with Crippen LogP contribution < -0.4 is 0 Å². The van der Waals surface area contributed by atoms with E-state index < -0.39 is 25.4 Å². The number of carbonyl (C=O) groups excluding carboxylic acids is 2. The monoisotopic (exact) mass is 378 g/mol. The average Bonchev–Trinajstić information content (AvgIpc) is 2.81. The van der Waals surface area contributed by atoms with E-state index >= 15 is 0 Å². The van der Waals surface area contributed by atoms with Gasteiger partial charge in [0.1, 0.15) is 0 Å². The molecule has 0 aromatic carbocycles. The zero-order chi connectivity index (χ0) is 19.9. The fourth-order valence-corrected chi connectivity index (χ4v) is 6.25. The minimum absolute atomic E-state index is 0.144. The van der Waals surface area contributed by atoms with Gasteiger partial charge in [0, 0.05) is 5.41 Å². The van der Waals surface area contributed by atoms with Crippen LogP contribution in [-0.4, -0.2) is 34.2 Å². The third kappa shape index (κ3) is 3.30. The highest BCUT2D eigenvalue weighted by Gasteiger charge is 2.66. The van der Waals surface area contributed by atoms with Gasteiger partial charge < -0.3 is 9.47 Å². The summed E-state index contributed by atoms with van der Waals surface area (Å²) < 4.78 is 10.3. The van der Waals surface area contributed by atoms with E-state index in [1.54, 1.807) is 0 Å². The largest absolute Gasteiger partial charge is 0.468 e. The molecule has 26 heavy (non-hydrogen) atoms. The van der Waals surface area contributed by atoms with Crippen LogP contribution in [0.1, 0.15) is 33.6 Å². The fourth-order valence-electron chi connectivity index (χ4n) is 4.79. The lowest BCUT2D eigenvalue weighted by atomic mass is 9.61. The Morgan fingerprint density at radius 2 is 1.73 bits per heavy atom. The first kappa shape index (κ1) is 20.9. The summed E-state index contributed by atoms with van der Waals surface area (Å²) in [4.78, 5) is 25.9. The summed E-state index contributed by atoms with van der Waals surface area (Å²) in [5.41, 5.74) is 1.99. The van der Waals surface area contributed by atoms with E-state index in [1.807, 2.05) is 0 Å². The van der Waals surface area contributed by atoms with Gasteiger partial charge in [-0.05, 0) is 30.6 Å². The molecular weight excluding hydrogens is 344 g/mol. The lowest BCUT2D eigenvalue weighted by Crippen LogP contribution is -2.48. The molecule has 4 nitrogen and oxygen atoms in total. The van der Waals surface area contributed by atoms with Crippen molar-refractivity contribution in [3.8, 4) is 0 Å². The summed E-state index contributed by atoms with van der Waals surface area (Å²) in [6.45, 7) is 13.4. The van der Waals surface area contributed by atoms with Crippen LogP contribution in [0, 0.1) is 28.6 Å². The van der Waals surface area contributed by atoms with Crippen LogP contribution in [0.2, 0.25) is 19.6 Å². The molecule has 0 heterocycles. The van der Waals surface area contributed by atoms with Gasteiger partial charge in [0.05, 0.1) is 22.3 Å². The number of esters is 2. The van der Waals surface area contributed by atoms with Crippen molar-refractivity contribution in [1.29, 1.82) is 0 Å². The quantitative estimate of drug-likeness (QED) is 0.315. The second-order valence-electron chi connectivity index (χ2n) is 9.50. The van der Waals surface area contributed by atoms with Crippen LogP contribution >= 0.6 is 0 Å². The molecule has 0 spiro atoms. The second-order valence-corrected chi connectivity index (χ2v) is 14.5. The number of ether oxygens (including phenoxy) is 2. The molecule has 2 rings (SSSR count). The molecule has 0 aliphatic heterocycles. The first-order valence-corrected chi connectivity index (χ1v) is 13.1. The minimum atomic E-state index is -1.54. The van der Waals surface area contributed by atoms with E-state index in [1.165, 1.54) is 19.8 Å². The Morgan fingerprint density at radius 1 is 1.19 bits per heavy atom. The van der Waals surface area contributed by atoms with E-state index in [0.29, 0.717) is 18.3 Å². The van der Waals surface area contributed by atoms with Gasteiger partial charge in [0.2, 0.25) is 0 Å². The molecule has 0 aromatic heterocycles. The molecular formula is C21H34O4Si. The van der Waals surface area contributed by atoms with E-state index in [4.69, 9.17) is 9.47 Å². The maximum atomic E-state index is 13.0. The highest BCUT2D eigenvalue weighted by Crippen LogP contribution is 2.63. The molecule has 0 aromatic rings. The number of fused-ring (bicyclic) bond motifs is 1. The molecule has 3 atom stereocenters. The molecule has 2 aliphatic rings. The number of rotatable bonds is 4. The van der Waals surface area contributed by atoms with Crippen LogP contribution in [0.4, 0.5) is 0 Å². The molecule has 2 aliphatic carbocycles.